The highest BCUT2D eigenvalue weighted by Gasteiger charge is 2.50. The Morgan fingerprint density at radius 3 is 1.54 bits per heavy atom. The van der Waals surface area contributed by atoms with E-state index in [0.717, 1.165) is 27.1 Å². The summed E-state index contributed by atoms with van der Waals surface area (Å²) in [5, 5.41) is 24.4. The van der Waals surface area contributed by atoms with Crippen LogP contribution in [0.4, 0.5) is 35.9 Å². The van der Waals surface area contributed by atoms with Crippen LogP contribution in [0.5, 0.6) is 0 Å². The zero-order valence-electron chi connectivity index (χ0n) is 37.7. The predicted molar refractivity (Wildman–Crippen MR) is 248 cm³/mol. The van der Waals surface area contributed by atoms with Gasteiger partial charge >= 0.3 is 6.18 Å². The maximum atomic E-state index is 15.8. The van der Waals surface area contributed by atoms with Crippen molar-refractivity contribution in [1.29, 1.82) is 0 Å². The maximum absolute atomic E-state index is 15.8. The van der Waals surface area contributed by atoms with E-state index in [1.807, 2.05) is 49.7 Å². The third-order valence-electron chi connectivity index (χ3n) is 12.6. The molecule has 17 heteroatoms. The second kappa shape index (κ2) is 16.0. The highest BCUT2D eigenvalue weighted by molar-refractivity contribution is 6.40. The fraction of sp³-hybridized carbons (Fsp3) is 0.200. The van der Waals surface area contributed by atoms with Crippen molar-refractivity contribution in [2.45, 2.75) is 54.6 Å². The minimum Gasteiger partial charge on any atom is -0.347 e. The molecule has 2 fully saturated rings. The first kappa shape index (κ1) is 45.4. The number of non-ortho nitro benzene ring substituents is 2. The number of alkyl halides is 3. The summed E-state index contributed by atoms with van der Waals surface area (Å²) >= 11 is 0. The Hall–Kier alpha value is -8.21. The number of nitro benzene ring substituents is 2. The van der Waals surface area contributed by atoms with Crippen molar-refractivity contribution in [3.05, 3.63) is 161 Å². The Labute approximate surface area is 380 Å². The summed E-state index contributed by atoms with van der Waals surface area (Å²) in [5.74, 6) is -3.73. The number of carbonyl (C=O) groups excluding carboxylic acids is 4. The fourth-order valence-electron chi connectivity index (χ4n) is 9.35. The third kappa shape index (κ3) is 7.04. The number of nitro groups is 2. The van der Waals surface area contributed by atoms with Gasteiger partial charge in [-0.1, -0.05) is 47.5 Å². The zero-order valence-corrected chi connectivity index (χ0v) is 37.7. The number of allylic oxidation sites excluding steroid dienone is 4. The molecule has 14 nitrogen and oxygen atoms in total. The van der Waals surface area contributed by atoms with Crippen molar-refractivity contribution < 1.29 is 42.2 Å². The van der Waals surface area contributed by atoms with E-state index in [4.69, 9.17) is 0 Å². The number of benzene rings is 4. The lowest BCUT2D eigenvalue weighted by Crippen LogP contribution is -2.30. The Morgan fingerprint density at radius 2 is 1.00 bits per heavy atom. The summed E-state index contributed by atoms with van der Waals surface area (Å²) in [6.45, 7) is 11.4. The molecule has 2 saturated heterocycles. The molecule has 340 valence electrons. The van der Waals surface area contributed by atoms with Crippen molar-refractivity contribution in [2.75, 3.05) is 9.80 Å². The lowest BCUT2D eigenvalue weighted by molar-refractivity contribution is -0.394. The van der Waals surface area contributed by atoms with Crippen LogP contribution in [0.3, 0.4) is 0 Å². The molecule has 2 aliphatic rings. The number of fused-ring (bicyclic) bond motifs is 2. The molecule has 2 aliphatic heterocycles. The number of carbonyl (C=O) groups is 4. The highest BCUT2D eigenvalue weighted by Crippen LogP contribution is 2.48. The van der Waals surface area contributed by atoms with E-state index in [1.54, 1.807) is 57.3 Å². The van der Waals surface area contributed by atoms with Gasteiger partial charge in [0.15, 0.2) is 0 Å². The van der Waals surface area contributed by atoms with E-state index in [-0.39, 0.29) is 32.8 Å². The number of imide groups is 2. The average Bonchev–Trinajstić information content (AvgIpc) is 3.88. The quantitative estimate of drug-likeness (QED) is 0.0659. The van der Waals surface area contributed by atoms with Gasteiger partial charge in [0.25, 0.3) is 35.0 Å². The number of hydrogen-bond acceptors (Lipinski definition) is 8. The standard InChI is InChI=1S/C50H41F3N6O8/c1-24(2)39-42(26(5)41-27(6)54(8)37-13-11-10-12-35(37)41)48(62)56(46(39)60)31-17-14-29(15-18-31)30-16-19-38-36(20-30)43(28(7)55(38)9)45(50(51,52)53)44-40(25(3)4)47(61)57(49(44)63)32-21-33(58(64)65)23-34(22-32)59(66)67/h10-23H,1-9H3/b42-26-,45-44+. The van der Waals surface area contributed by atoms with E-state index in [9.17, 15) is 39.4 Å². The van der Waals surface area contributed by atoms with E-state index < -0.39 is 79.0 Å². The number of rotatable bonds is 7. The Morgan fingerprint density at radius 1 is 0.537 bits per heavy atom. The van der Waals surface area contributed by atoms with Crippen molar-refractivity contribution in [1.82, 2.24) is 9.13 Å². The summed E-state index contributed by atoms with van der Waals surface area (Å²) in [7, 11) is 3.49. The highest BCUT2D eigenvalue weighted by atomic mass is 19.4. The van der Waals surface area contributed by atoms with E-state index in [1.165, 1.54) is 31.4 Å². The number of amides is 4. The zero-order chi connectivity index (χ0) is 48.9. The van der Waals surface area contributed by atoms with Crippen molar-refractivity contribution in [3.63, 3.8) is 0 Å². The summed E-state index contributed by atoms with van der Waals surface area (Å²) < 4.78 is 50.9. The molecule has 0 bridgehead atoms. The number of para-hydroxylation sites is 1. The van der Waals surface area contributed by atoms with Crippen LogP contribution in [0.15, 0.2) is 118 Å². The monoisotopic (exact) mass is 910 g/mol. The van der Waals surface area contributed by atoms with Crippen molar-refractivity contribution in [3.8, 4) is 11.1 Å². The van der Waals surface area contributed by atoms with Gasteiger partial charge < -0.3 is 9.13 Å². The van der Waals surface area contributed by atoms with Crippen LogP contribution in [-0.4, -0.2) is 48.8 Å². The molecule has 4 aromatic carbocycles. The molecular formula is C50H41F3N6O8. The lowest BCUT2D eigenvalue weighted by Gasteiger charge is -2.17. The van der Waals surface area contributed by atoms with Crippen LogP contribution in [0.2, 0.25) is 0 Å². The van der Waals surface area contributed by atoms with Crippen LogP contribution in [-0.2, 0) is 33.3 Å². The molecule has 0 N–H and O–H groups in total. The van der Waals surface area contributed by atoms with E-state index in [0.29, 0.717) is 51.6 Å². The minimum atomic E-state index is -5.27. The van der Waals surface area contributed by atoms with Gasteiger partial charge in [-0.3, -0.25) is 39.4 Å². The minimum absolute atomic E-state index is 0.0179. The largest absolute Gasteiger partial charge is 0.417 e. The van der Waals surface area contributed by atoms with Gasteiger partial charge in [-0.25, -0.2) is 9.80 Å². The predicted octanol–water partition coefficient (Wildman–Crippen LogP) is 10.7. The first-order chi connectivity index (χ1) is 31.5. The number of anilines is 2. The lowest BCUT2D eigenvalue weighted by atomic mass is 9.91. The number of halogens is 3. The van der Waals surface area contributed by atoms with Gasteiger partial charge in [-0.15, -0.1) is 0 Å². The SMILES string of the molecule is CC(C)=C1C(=O)N(c2ccc(-c3ccc4c(c3)c(/C(=C3\C(=O)N(c5cc([N+](=O)[O-])cc([N+](=O)[O-])c5)C(=O)C3=C(C)C)C(F)(F)F)c(C)n4C)cc2)C(=O)/C1=C(/C)c1c(C)n(C)c2ccccc12. The van der Waals surface area contributed by atoms with E-state index in [2.05, 4.69) is 0 Å². The molecule has 0 radical (unpaired) electrons. The summed E-state index contributed by atoms with van der Waals surface area (Å²) in [4.78, 5) is 79.8. The Balaban J connectivity index is 1.24. The smallest absolute Gasteiger partial charge is 0.347 e. The van der Waals surface area contributed by atoms with Crippen molar-refractivity contribution >= 4 is 79.3 Å². The number of aryl methyl sites for hydroxylation is 2. The maximum Gasteiger partial charge on any atom is 0.417 e. The normalized spacial score (nSPS) is 16.1. The molecule has 8 rings (SSSR count). The Kier molecular flexibility index (Phi) is 10.9. The van der Waals surface area contributed by atoms with Gasteiger partial charge in [0.05, 0.1) is 55.2 Å². The molecule has 2 aromatic heterocycles. The molecule has 0 aliphatic carbocycles. The molecule has 4 heterocycles. The molecule has 0 spiro atoms. The second-order valence-electron chi connectivity index (χ2n) is 16.9. The topological polar surface area (TPSA) is 171 Å². The summed E-state index contributed by atoms with van der Waals surface area (Å²) in [6.07, 6.45) is -5.27. The number of nitrogens with zero attached hydrogens (tertiary/aromatic N) is 6. The molecule has 0 saturated carbocycles. The molecule has 67 heavy (non-hydrogen) atoms. The molecule has 6 aromatic rings. The van der Waals surface area contributed by atoms with Gasteiger partial charge in [-0.2, -0.15) is 13.2 Å². The second-order valence-corrected chi connectivity index (χ2v) is 16.9. The van der Waals surface area contributed by atoms with Gasteiger partial charge in [0, 0.05) is 70.5 Å². The molecule has 0 unspecified atom stereocenters. The molecular weight excluding hydrogens is 870 g/mol. The molecule has 0 atom stereocenters. The number of hydrogen-bond donors (Lipinski definition) is 0. The van der Waals surface area contributed by atoms with Crippen LogP contribution >= 0.6 is 0 Å². The van der Waals surface area contributed by atoms with Gasteiger partial charge in [0.2, 0.25) is 0 Å². The summed E-state index contributed by atoms with van der Waals surface area (Å²) in [5.41, 5.74) is 0.431. The first-order valence-electron chi connectivity index (χ1n) is 20.8. The third-order valence-corrected chi connectivity index (χ3v) is 12.6. The fourth-order valence-corrected chi connectivity index (χ4v) is 9.35. The van der Waals surface area contributed by atoms with Gasteiger partial charge in [-0.05, 0) is 95.5 Å². The van der Waals surface area contributed by atoms with Gasteiger partial charge in [0.1, 0.15) is 0 Å². The number of aromatic nitrogens is 2. The first-order valence-corrected chi connectivity index (χ1v) is 20.8. The van der Waals surface area contributed by atoms with E-state index >= 15 is 13.2 Å². The van der Waals surface area contributed by atoms with Crippen LogP contribution in [0.1, 0.15) is 57.1 Å². The van der Waals surface area contributed by atoms with Crippen LogP contribution < -0.4 is 9.80 Å². The van der Waals surface area contributed by atoms with Crippen molar-refractivity contribution in [2.24, 2.45) is 14.1 Å². The average molecular weight is 911 g/mol. The summed E-state index contributed by atoms with van der Waals surface area (Å²) in [6, 6.07) is 21.1. The molecule has 4 amide bonds. The van der Waals surface area contributed by atoms with Crippen LogP contribution in [0, 0.1) is 34.1 Å². The Bertz CT molecular complexity index is 3380. The van der Waals surface area contributed by atoms with Crippen LogP contribution in [0.25, 0.3) is 44.1 Å².